The largest absolute Gasteiger partial charge is 0.310 e. The van der Waals surface area contributed by atoms with E-state index in [4.69, 9.17) is 4.98 Å². The molecule has 0 aliphatic heterocycles. The number of thiazole rings is 1. The molecule has 0 aliphatic rings. The van der Waals surface area contributed by atoms with Gasteiger partial charge in [-0.1, -0.05) is 19.9 Å². The summed E-state index contributed by atoms with van der Waals surface area (Å²) in [6, 6.07) is 4.32. The van der Waals surface area contributed by atoms with Crippen LogP contribution in [0.3, 0.4) is 0 Å². The molecule has 1 N–H and O–H groups in total. The van der Waals surface area contributed by atoms with Crippen LogP contribution in [0.15, 0.2) is 22.9 Å². The van der Waals surface area contributed by atoms with E-state index in [0.717, 1.165) is 32.7 Å². The van der Waals surface area contributed by atoms with Gasteiger partial charge in [0.25, 0.3) is 0 Å². The van der Waals surface area contributed by atoms with E-state index in [9.17, 15) is 0 Å². The average molecular weight is 310 g/mol. The first kappa shape index (κ1) is 15.6. The fourth-order valence-corrected chi connectivity index (χ4v) is 3.51. The maximum absolute atomic E-state index is 4.72. The molecule has 3 nitrogen and oxygen atoms in total. The van der Waals surface area contributed by atoms with Gasteiger partial charge in [0.15, 0.2) is 0 Å². The second-order valence-electron chi connectivity index (χ2n) is 4.79. The van der Waals surface area contributed by atoms with Gasteiger partial charge in [0.05, 0.1) is 5.69 Å². The summed E-state index contributed by atoms with van der Waals surface area (Å²) in [4.78, 5) is 8.57. The Kier molecular flexibility index (Phi) is 6.66. The Morgan fingerprint density at radius 1 is 1.25 bits per heavy atom. The topological polar surface area (TPSA) is 28.2 Å². The lowest BCUT2D eigenvalue weighted by atomic mass is 10.3. The van der Waals surface area contributed by atoms with E-state index in [-0.39, 0.29) is 0 Å². The van der Waals surface area contributed by atoms with Crippen molar-refractivity contribution in [1.82, 2.24) is 15.2 Å². The lowest BCUT2D eigenvalue weighted by molar-refractivity contribution is 0.271. The minimum absolute atomic E-state index is 0.898. The van der Waals surface area contributed by atoms with Gasteiger partial charge in [-0.05, 0) is 31.0 Å². The van der Waals surface area contributed by atoms with Crippen LogP contribution in [0.4, 0.5) is 0 Å². The summed E-state index contributed by atoms with van der Waals surface area (Å²) in [5.74, 6) is 0. The van der Waals surface area contributed by atoms with Crippen LogP contribution in [-0.2, 0) is 19.6 Å². The van der Waals surface area contributed by atoms with Crippen LogP contribution in [0, 0.1) is 0 Å². The van der Waals surface area contributed by atoms with Crippen molar-refractivity contribution in [3.63, 3.8) is 0 Å². The van der Waals surface area contributed by atoms with Crippen molar-refractivity contribution in [3.8, 4) is 0 Å². The molecule has 5 heteroatoms. The maximum Gasteiger partial charge on any atom is 0.107 e. The lowest BCUT2D eigenvalue weighted by Gasteiger charge is -2.18. The molecular formula is C15H23N3S2. The van der Waals surface area contributed by atoms with Crippen LogP contribution in [0.25, 0.3) is 0 Å². The summed E-state index contributed by atoms with van der Waals surface area (Å²) in [6.07, 6.45) is 1.17. The molecule has 0 spiro atoms. The summed E-state index contributed by atoms with van der Waals surface area (Å²) in [7, 11) is 0. The third kappa shape index (κ3) is 4.98. The van der Waals surface area contributed by atoms with E-state index in [1.165, 1.54) is 22.0 Å². The van der Waals surface area contributed by atoms with Gasteiger partial charge in [-0.3, -0.25) is 4.90 Å². The van der Waals surface area contributed by atoms with E-state index in [1.807, 2.05) is 11.3 Å². The standard InChI is InChI=1S/C15H23N3S2/c1-3-7-16-9-15-17-13(12-20-15)10-18(4-2)11-14-6-5-8-19-14/h5-6,8,12,16H,3-4,7,9-11H2,1-2H3. The Labute approximate surface area is 129 Å². The highest BCUT2D eigenvalue weighted by Gasteiger charge is 2.08. The van der Waals surface area contributed by atoms with Gasteiger partial charge >= 0.3 is 0 Å². The van der Waals surface area contributed by atoms with Gasteiger partial charge in [-0.15, -0.1) is 22.7 Å². The molecule has 0 bridgehead atoms. The van der Waals surface area contributed by atoms with Crippen LogP contribution in [0.1, 0.15) is 35.8 Å². The van der Waals surface area contributed by atoms with E-state index in [0.29, 0.717) is 0 Å². The molecule has 2 aromatic rings. The van der Waals surface area contributed by atoms with Gasteiger partial charge < -0.3 is 5.32 Å². The van der Waals surface area contributed by atoms with Crippen molar-refractivity contribution >= 4 is 22.7 Å². The number of hydrogen-bond acceptors (Lipinski definition) is 5. The Morgan fingerprint density at radius 2 is 2.15 bits per heavy atom. The molecule has 0 saturated carbocycles. The second-order valence-corrected chi connectivity index (χ2v) is 6.77. The zero-order valence-electron chi connectivity index (χ0n) is 12.3. The summed E-state index contributed by atoms with van der Waals surface area (Å²) in [6.45, 7) is 9.38. The molecule has 0 amide bonds. The van der Waals surface area contributed by atoms with E-state index >= 15 is 0 Å². The van der Waals surface area contributed by atoms with Crippen LogP contribution in [-0.4, -0.2) is 23.0 Å². The third-order valence-electron chi connectivity index (χ3n) is 3.09. The first-order chi connectivity index (χ1) is 9.81. The Hall–Kier alpha value is -0.750. The van der Waals surface area contributed by atoms with Crippen molar-refractivity contribution in [2.24, 2.45) is 0 Å². The Morgan fingerprint density at radius 3 is 2.85 bits per heavy atom. The molecule has 0 radical (unpaired) electrons. The van der Waals surface area contributed by atoms with Gasteiger partial charge in [0.2, 0.25) is 0 Å². The van der Waals surface area contributed by atoms with Crippen molar-refractivity contribution in [2.45, 2.75) is 39.9 Å². The Balaban J connectivity index is 1.84. The number of aromatic nitrogens is 1. The fraction of sp³-hybridized carbons (Fsp3) is 0.533. The zero-order chi connectivity index (χ0) is 14.2. The van der Waals surface area contributed by atoms with Gasteiger partial charge in [0, 0.05) is 29.9 Å². The summed E-state index contributed by atoms with van der Waals surface area (Å²) < 4.78 is 0. The lowest BCUT2D eigenvalue weighted by Crippen LogP contribution is -2.22. The van der Waals surface area contributed by atoms with Crippen molar-refractivity contribution < 1.29 is 0 Å². The number of rotatable bonds is 9. The van der Waals surface area contributed by atoms with Crippen LogP contribution in [0.5, 0.6) is 0 Å². The minimum Gasteiger partial charge on any atom is -0.310 e. The summed E-state index contributed by atoms with van der Waals surface area (Å²) >= 11 is 3.59. The molecule has 110 valence electrons. The predicted molar refractivity (Wildman–Crippen MR) is 88.2 cm³/mol. The van der Waals surface area contributed by atoms with E-state index < -0.39 is 0 Å². The molecule has 20 heavy (non-hydrogen) atoms. The monoisotopic (exact) mass is 309 g/mol. The van der Waals surface area contributed by atoms with Crippen LogP contribution < -0.4 is 5.32 Å². The number of thiophene rings is 1. The summed E-state index contributed by atoms with van der Waals surface area (Å²) in [5.41, 5.74) is 1.20. The molecule has 0 aliphatic carbocycles. The first-order valence-electron chi connectivity index (χ1n) is 7.20. The number of nitrogens with zero attached hydrogens (tertiary/aromatic N) is 2. The maximum atomic E-state index is 4.72. The van der Waals surface area contributed by atoms with Gasteiger partial charge in [-0.2, -0.15) is 0 Å². The van der Waals surface area contributed by atoms with E-state index in [2.05, 4.69) is 47.0 Å². The Bertz CT molecular complexity index is 479. The predicted octanol–water partition coefficient (Wildman–Crippen LogP) is 3.73. The first-order valence-corrected chi connectivity index (χ1v) is 8.96. The van der Waals surface area contributed by atoms with Gasteiger partial charge in [0.1, 0.15) is 5.01 Å². The molecule has 2 rings (SSSR count). The van der Waals surface area contributed by atoms with Crippen LogP contribution in [0.2, 0.25) is 0 Å². The SMILES string of the molecule is CCCNCc1nc(CN(CC)Cc2cccs2)cs1. The smallest absolute Gasteiger partial charge is 0.107 e. The molecule has 0 unspecified atom stereocenters. The molecular weight excluding hydrogens is 286 g/mol. The molecule has 0 atom stereocenters. The second kappa shape index (κ2) is 8.52. The number of hydrogen-bond donors (Lipinski definition) is 1. The average Bonchev–Trinajstić information content (AvgIpc) is 3.10. The normalized spacial score (nSPS) is 11.3. The molecule has 0 aromatic carbocycles. The highest BCUT2D eigenvalue weighted by Crippen LogP contribution is 2.16. The summed E-state index contributed by atoms with van der Waals surface area (Å²) in [5, 5.41) is 8.94. The highest BCUT2D eigenvalue weighted by atomic mass is 32.1. The highest BCUT2D eigenvalue weighted by molar-refractivity contribution is 7.10. The zero-order valence-corrected chi connectivity index (χ0v) is 13.9. The number of nitrogens with one attached hydrogen (secondary N) is 1. The quantitative estimate of drug-likeness (QED) is 0.716. The molecule has 0 fully saturated rings. The molecule has 2 heterocycles. The minimum atomic E-state index is 0.898. The molecule has 0 saturated heterocycles. The van der Waals surface area contributed by atoms with E-state index in [1.54, 1.807) is 11.3 Å². The fourth-order valence-electron chi connectivity index (χ4n) is 2.01. The van der Waals surface area contributed by atoms with Crippen molar-refractivity contribution in [1.29, 1.82) is 0 Å². The van der Waals surface area contributed by atoms with Crippen molar-refractivity contribution in [3.05, 3.63) is 38.5 Å². The van der Waals surface area contributed by atoms with Crippen molar-refractivity contribution in [2.75, 3.05) is 13.1 Å². The molecule has 2 aromatic heterocycles. The third-order valence-corrected chi connectivity index (χ3v) is 4.85. The van der Waals surface area contributed by atoms with Crippen LogP contribution >= 0.6 is 22.7 Å². The van der Waals surface area contributed by atoms with Gasteiger partial charge in [-0.25, -0.2) is 4.98 Å².